The van der Waals surface area contributed by atoms with Crippen LogP contribution in [0.15, 0.2) is 48.5 Å². The molecule has 5 heteroatoms. The minimum Gasteiger partial charge on any atom is -0.392 e. The number of nitrogens with one attached hydrogen (secondary N) is 2. The Morgan fingerprint density at radius 2 is 1.86 bits per heavy atom. The lowest BCUT2D eigenvalue weighted by atomic mass is 10.2. The first kappa shape index (κ1) is 15.4. The number of hydrogen-bond acceptors (Lipinski definition) is 3. The average Bonchev–Trinajstić information content (AvgIpc) is 2.53. The third-order valence-corrected chi connectivity index (χ3v) is 3.31. The maximum absolute atomic E-state index is 11.8. The number of benzene rings is 2. The predicted molar refractivity (Wildman–Crippen MR) is 84.2 cm³/mol. The van der Waals surface area contributed by atoms with Crippen molar-refractivity contribution in [3.05, 3.63) is 64.7 Å². The molecule has 110 valence electrons. The number of hydrogen-bond donors (Lipinski definition) is 3. The van der Waals surface area contributed by atoms with Crippen LogP contribution in [0.4, 0.5) is 5.69 Å². The van der Waals surface area contributed by atoms with Crippen molar-refractivity contribution < 1.29 is 9.90 Å². The first-order chi connectivity index (χ1) is 10.2. The Morgan fingerprint density at radius 3 is 2.57 bits per heavy atom. The Morgan fingerprint density at radius 1 is 1.10 bits per heavy atom. The largest absolute Gasteiger partial charge is 0.392 e. The lowest BCUT2D eigenvalue weighted by Gasteiger charge is -2.10. The molecule has 21 heavy (non-hydrogen) atoms. The van der Waals surface area contributed by atoms with Crippen molar-refractivity contribution in [2.24, 2.45) is 0 Å². The van der Waals surface area contributed by atoms with E-state index in [1.54, 1.807) is 18.2 Å². The van der Waals surface area contributed by atoms with Gasteiger partial charge in [-0.2, -0.15) is 0 Å². The molecule has 0 aliphatic rings. The normalized spacial score (nSPS) is 10.2. The zero-order chi connectivity index (χ0) is 15.1. The van der Waals surface area contributed by atoms with E-state index in [1.165, 1.54) is 0 Å². The van der Waals surface area contributed by atoms with Gasteiger partial charge in [0.1, 0.15) is 0 Å². The summed E-state index contributed by atoms with van der Waals surface area (Å²) in [4.78, 5) is 11.8. The van der Waals surface area contributed by atoms with Gasteiger partial charge in [-0.25, -0.2) is 0 Å². The molecule has 0 saturated heterocycles. The molecule has 3 N–H and O–H groups in total. The molecule has 4 nitrogen and oxygen atoms in total. The van der Waals surface area contributed by atoms with Crippen LogP contribution < -0.4 is 10.6 Å². The van der Waals surface area contributed by atoms with Gasteiger partial charge >= 0.3 is 0 Å². The van der Waals surface area contributed by atoms with Crippen molar-refractivity contribution >= 4 is 23.2 Å². The van der Waals surface area contributed by atoms with E-state index in [2.05, 4.69) is 10.6 Å². The molecule has 2 rings (SSSR count). The summed E-state index contributed by atoms with van der Waals surface area (Å²) in [6.07, 6.45) is 0. The molecule has 0 aromatic heterocycles. The van der Waals surface area contributed by atoms with Crippen molar-refractivity contribution in [1.82, 2.24) is 5.32 Å². The Hall–Kier alpha value is -2.04. The van der Waals surface area contributed by atoms with E-state index in [9.17, 15) is 4.79 Å². The third kappa shape index (κ3) is 4.77. The van der Waals surface area contributed by atoms with Gasteiger partial charge in [0.2, 0.25) is 5.91 Å². The van der Waals surface area contributed by atoms with E-state index in [0.717, 1.165) is 11.1 Å². The van der Waals surface area contributed by atoms with Gasteiger partial charge in [0.15, 0.2) is 0 Å². The molecular weight excluding hydrogens is 288 g/mol. The zero-order valence-electron chi connectivity index (χ0n) is 11.5. The number of amides is 1. The van der Waals surface area contributed by atoms with Crippen LogP contribution in [-0.2, 0) is 17.9 Å². The fourth-order valence-electron chi connectivity index (χ4n) is 1.84. The highest BCUT2D eigenvalue weighted by atomic mass is 35.5. The molecule has 0 bridgehead atoms. The molecule has 2 aromatic carbocycles. The Bertz CT molecular complexity index is 602. The molecule has 0 aliphatic heterocycles. The molecule has 0 heterocycles. The maximum atomic E-state index is 11.8. The van der Waals surface area contributed by atoms with Gasteiger partial charge in [0, 0.05) is 6.54 Å². The smallest absolute Gasteiger partial charge is 0.239 e. The van der Waals surface area contributed by atoms with Crippen molar-refractivity contribution in [2.45, 2.75) is 13.2 Å². The van der Waals surface area contributed by atoms with Gasteiger partial charge in [-0.1, -0.05) is 48.0 Å². The van der Waals surface area contributed by atoms with Gasteiger partial charge in [0.05, 0.1) is 23.9 Å². The van der Waals surface area contributed by atoms with Crippen LogP contribution in [0.25, 0.3) is 0 Å². The molecule has 1 amide bonds. The second-order valence-electron chi connectivity index (χ2n) is 4.59. The highest BCUT2D eigenvalue weighted by Gasteiger charge is 2.05. The Kier molecular flexibility index (Phi) is 5.60. The molecule has 0 fully saturated rings. The van der Waals surface area contributed by atoms with Gasteiger partial charge in [0.25, 0.3) is 0 Å². The lowest BCUT2D eigenvalue weighted by Crippen LogP contribution is -2.29. The van der Waals surface area contributed by atoms with Gasteiger partial charge in [-0.3, -0.25) is 4.79 Å². The number of halogens is 1. The number of aliphatic hydroxyl groups excluding tert-OH is 1. The quantitative estimate of drug-likeness (QED) is 0.768. The molecule has 0 unspecified atom stereocenters. The number of anilines is 1. The highest BCUT2D eigenvalue weighted by Crippen LogP contribution is 2.22. The summed E-state index contributed by atoms with van der Waals surface area (Å²) in [7, 11) is 0. The third-order valence-electron chi connectivity index (χ3n) is 2.99. The summed E-state index contributed by atoms with van der Waals surface area (Å²) in [5, 5.41) is 15.4. The first-order valence-electron chi connectivity index (χ1n) is 6.63. The van der Waals surface area contributed by atoms with Crippen LogP contribution in [0.3, 0.4) is 0 Å². The summed E-state index contributed by atoms with van der Waals surface area (Å²) in [6, 6.07) is 14.9. The van der Waals surface area contributed by atoms with Gasteiger partial charge in [-0.15, -0.1) is 0 Å². The molecule has 0 aliphatic carbocycles. The van der Waals surface area contributed by atoms with Crippen molar-refractivity contribution in [3.63, 3.8) is 0 Å². The lowest BCUT2D eigenvalue weighted by molar-refractivity contribution is -0.119. The van der Waals surface area contributed by atoms with Crippen LogP contribution in [0, 0.1) is 0 Å². The highest BCUT2D eigenvalue weighted by molar-refractivity contribution is 6.33. The summed E-state index contributed by atoms with van der Waals surface area (Å²) >= 11 is 6.03. The van der Waals surface area contributed by atoms with Crippen LogP contribution in [0.5, 0.6) is 0 Å². The van der Waals surface area contributed by atoms with Crippen LogP contribution in [0.2, 0.25) is 5.02 Å². The second-order valence-corrected chi connectivity index (χ2v) is 5.00. The monoisotopic (exact) mass is 304 g/mol. The molecule has 2 aromatic rings. The summed E-state index contributed by atoms with van der Waals surface area (Å²) in [5.41, 5.74) is 2.43. The van der Waals surface area contributed by atoms with Crippen molar-refractivity contribution in [1.29, 1.82) is 0 Å². The maximum Gasteiger partial charge on any atom is 0.239 e. The minimum atomic E-state index is -0.121. The summed E-state index contributed by atoms with van der Waals surface area (Å²) in [5.74, 6) is -0.121. The summed E-state index contributed by atoms with van der Waals surface area (Å²) in [6.45, 7) is 0.555. The predicted octanol–water partition coefficient (Wildman–Crippen LogP) is 2.56. The minimum absolute atomic E-state index is 0.0634. The van der Waals surface area contributed by atoms with E-state index < -0.39 is 0 Å². The van der Waals surface area contributed by atoms with Crippen molar-refractivity contribution in [3.8, 4) is 0 Å². The first-order valence-corrected chi connectivity index (χ1v) is 7.00. The summed E-state index contributed by atoms with van der Waals surface area (Å²) < 4.78 is 0. The molecule has 0 saturated carbocycles. The zero-order valence-corrected chi connectivity index (χ0v) is 12.2. The van der Waals surface area contributed by atoms with E-state index in [4.69, 9.17) is 16.7 Å². The van der Waals surface area contributed by atoms with Gasteiger partial charge in [-0.05, 0) is 23.3 Å². The van der Waals surface area contributed by atoms with Gasteiger partial charge < -0.3 is 15.7 Å². The molecule has 0 spiro atoms. The fourth-order valence-corrected chi connectivity index (χ4v) is 2.03. The van der Waals surface area contributed by atoms with E-state index >= 15 is 0 Å². The Balaban J connectivity index is 1.84. The number of carbonyl (C=O) groups is 1. The fraction of sp³-hybridized carbons (Fsp3) is 0.188. The number of carbonyl (C=O) groups excluding carboxylic acids is 1. The van der Waals surface area contributed by atoms with Crippen LogP contribution >= 0.6 is 11.6 Å². The Labute approximate surface area is 128 Å². The van der Waals surface area contributed by atoms with Crippen LogP contribution in [-0.4, -0.2) is 17.6 Å². The number of rotatable bonds is 6. The van der Waals surface area contributed by atoms with Crippen LogP contribution in [0.1, 0.15) is 11.1 Å². The second kappa shape index (κ2) is 7.67. The molecule has 0 atom stereocenters. The standard InChI is InChI=1S/C16H17ClN2O2/c17-14-7-6-13(11-20)8-15(14)18-10-16(21)19-9-12-4-2-1-3-5-12/h1-8,18,20H,9-11H2,(H,19,21). The molecule has 0 radical (unpaired) electrons. The topological polar surface area (TPSA) is 61.4 Å². The van der Waals surface area contributed by atoms with E-state index in [0.29, 0.717) is 17.3 Å². The van der Waals surface area contributed by atoms with Crippen molar-refractivity contribution in [2.75, 3.05) is 11.9 Å². The average molecular weight is 305 g/mol. The van der Waals surface area contributed by atoms with E-state index in [1.807, 2.05) is 30.3 Å². The SMILES string of the molecule is O=C(CNc1cc(CO)ccc1Cl)NCc1ccccc1. The van der Waals surface area contributed by atoms with E-state index in [-0.39, 0.29) is 19.1 Å². The molecular formula is C16H17ClN2O2. The number of aliphatic hydroxyl groups is 1.